The lowest BCUT2D eigenvalue weighted by Gasteiger charge is -2.38. The van der Waals surface area contributed by atoms with Crippen molar-refractivity contribution in [3.05, 3.63) is 59.7 Å². The first-order valence-electron chi connectivity index (χ1n) is 11.9. The van der Waals surface area contributed by atoms with Gasteiger partial charge in [-0.25, -0.2) is 0 Å². The molecule has 1 fully saturated rings. The molecule has 2 aliphatic heterocycles. The van der Waals surface area contributed by atoms with Gasteiger partial charge in [-0.1, -0.05) is 36.4 Å². The van der Waals surface area contributed by atoms with Crippen LogP contribution < -0.4 is 10.6 Å². The molecule has 4 N–H and O–H groups in total. The third kappa shape index (κ3) is 2.69. The zero-order valence-electron chi connectivity index (χ0n) is 19.0. The number of aliphatic hydroxyl groups is 1. The number of aromatic nitrogens is 2. The first-order chi connectivity index (χ1) is 17.1. The average molecular weight is 469 g/mol. The summed E-state index contributed by atoms with van der Waals surface area (Å²) in [7, 11) is 0. The first-order valence-corrected chi connectivity index (χ1v) is 11.9. The fourth-order valence-electron chi connectivity index (χ4n) is 6.14. The largest absolute Gasteiger partial charge is 0.388 e. The maximum Gasteiger partial charge on any atom is 0.252 e. The lowest BCUT2D eigenvalue weighted by Crippen LogP contribution is -2.51. The topological polar surface area (TPSA) is 108 Å². The SMILES string of the molecule is CC1OC(n2c3ccccc3c3c4c(c5c6ccccc6[nH]c5c32)CNC4=O)CC(NC=O)C1O. The van der Waals surface area contributed by atoms with Gasteiger partial charge in [0.25, 0.3) is 5.91 Å². The van der Waals surface area contributed by atoms with E-state index in [4.69, 9.17) is 4.74 Å². The summed E-state index contributed by atoms with van der Waals surface area (Å²) in [6, 6.07) is 15.7. The lowest BCUT2D eigenvalue weighted by molar-refractivity contribution is -0.150. The Morgan fingerprint density at radius 3 is 2.71 bits per heavy atom. The molecule has 4 unspecified atom stereocenters. The summed E-state index contributed by atoms with van der Waals surface area (Å²) in [6.07, 6.45) is -0.735. The standard InChI is InChI=1S/C27H24N4O4/c1-13-26(33)18(29-12-32)10-20(35-13)31-19-9-5-3-7-15(19)22-23-16(11-28-27(23)34)21-14-6-2-4-8-17(14)30-24(21)25(22)31/h2-9,12-13,18,20,26,30,33H,10-11H2,1H3,(H,28,34)(H,29,32). The highest BCUT2D eigenvalue weighted by Crippen LogP contribution is 2.45. The van der Waals surface area contributed by atoms with E-state index in [-0.39, 0.29) is 5.91 Å². The number of carbonyl (C=O) groups is 2. The third-order valence-electron chi connectivity index (χ3n) is 7.65. The minimum atomic E-state index is -0.812. The molecular formula is C27H24N4O4. The van der Waals surface area contributed by atoms with Gasteiger partial charge in [0.05, 0.1) is 34.3 Å². The zero-order valence-corrected chi connectivity index (χ0v) is 19.0. The van der Waals surface area contributed by atoms with Crippen LogP contribution in [0.2, 0.25) is 0 Å². The molecule has 0 radical (unpaired) electrons. The fraction of sp³-hybridized carbons (Fsp3) is 0.259. The molecule has 0 aliphatic carbocycles. The van der Waals surface area contributed by atoms with Crippen molar-refractivity contribution in [2.75, 3.05) is 0 Å². The number of hydrogen-bond acceptors (Lipinski definition) is 4. The zero-order chi connectivity index (χ0) is 23.8. The van der Waals surface area contributed by atoms with Crippen LogP contribution in [-0.4, -0.2) is 45.2 Å². The normalized spacial score (nSPS) is 24.3. The smallest absolute Gasteiger partial charge is 0.252 e. The molecular weight excluding hydrogens is 444 g/mol. The number of para-hydroxylation sites is 2. The number of nitrogens with one attached hydrogen (secondary N) is 3. The third-order valence-corrected chi connectivity index (χ3v) is 7.65. The van der Waals surface area contributed by atoms with Crippen LogP contribution in [0.4, 0.5) is 0 Å². The van der Waals surface area contributed by atoms with Gasteiger partial charge in [0.15, 0.2) is 0 Å². The predicted molar refractivity (Wildman–Crippen MR) is 133 cm³/mol. The molecule has 5 aromatic rings. The second kappa shape index (κ2) is 7.31. The van der Waals surface area contributed by atoms with Gasteiger partial charge >= 0.3 is 0 Å². The summed E-state index contributed by atoms with van der Waals surface area (Å²) in [5.41, 5.74) is 5.50. The number of ether oxygens (including phenoxy) is 1. The summed E-state index contributed by atoms with van der Waals surface area (Å²) >= 11 is 0. The van der Waals surface area contributed by atoms with Crippen LogP contribution in [0, 0.1) is 0 Å². The van der Waals surface area contributed by atoms with Gasteiger partial charge in [-0.2, -0.15) is 0 Å². The van der Waals surface area contributed by atoms with Crippen LogP contribution in [0.1, 0.15) is 35.5 Å². The number of nitrogens with zero attached hydrogens (tertiary/aromatic N) is 1. The maximum absolute atomic E-state index is 13.2. The van der Waals surface area contributed by atoms with E-state index in [1.807, 2.05) is 49.4 Å². The van der Waals surface area contributed by atoms with E-state index in [2.05, 4.69) is 26.3 Å². The summed E-state index contributed by atoms with van der Waals surface area (Å²) in [5, 5.41) is 20.4. The quantitative estimate of drug-likeness (QED) is 0.304. The van der Waals surface area contributed by atoms with Crippen molar-refractivity contribution >= 4 is 55.9 Å². The van der Waals surface area contributed by atoms with Crippen molar-refractivity contribution in [1.82, 2.24) is 20.2 Å². The second-order valence-corrected chi connectivity index (χ2v) is 9.48. The molecule has 2 aromatic heterocycles. The Morgan fingerprint density at radius 1 is 1.11 bits per heavy atom. The molecule has 4 atom stereocenters. The number of amides is 2. The van der Waals surface area contributed by atoms with E-state index in [1.165, 1.54) is 0 Å². The minimum Gasteiger partial charge on any atom is -0.388 e. The van der Waals surface area contributed by atoms with Crippen LogP contribution in [0.3, 0.4) is 0 Å². The van der Waals surface area contributed by atoms with Crippen molar-refractivity contribution in [3.8, 4) is 0 Å². The summed E-state index contributed by atoms with van der Waals surface area (Å²) in [5.74, 6) is -0.0751. The van der Waals surface area contributed by atoms with E-state index < -0.39 is 24.5 Å². The monoisotopic (exact) mass is 468 g/mol. The molecule has 4 heterocycles. The van der Waals surface area contributed by atoms with E-state index >= 15 is 0 Å². The molecule has 0 bridgehead atoms. The van der Waals surface area contributed by atoms with Gasteiger partial charge in [0.1, 0.15) is 12.3 Å². The molecule has 7 rings (SSSR count). The maximum atomic E-state index is 13.2. The molecule has 0 saturated carbocycles. The molecule has 1 saturated heterocycles. The summed E-state index contributed by atoms with van der Waals surface area (Å²) in [6.45, 7) is 2.30. The van der Waals surface area contributed by atoms with Crippen LogP contribution in [0.5, 0.6) is 0 Å². The number of H-pyrrole nitrogens is 1. The second-order valence-electron chi connectivity index (χ2n) is 9.48. The Hall–Kier alpha value is -3.88. The van der Waals surface area contributed by atoms with Crippen molar-refractivity contribution in [2.45, 2.75) is 44.4 Å². The Morgan fingerprint density at radius 2 is 1.89 bits per heavy atom. The number of rotatable bonds is 3. The Kier molecular flexibility index (Phi) is 4.28. The van der Waals surface area contributed by atoms with Gasteiger partial charge in [-0.3, -0.25) is 9.59 Å². The lowest BCUT2D eigenvalue weighted by atomic mass is 9.96. The Balaban J connectivity index is 1.64. The fourth-order valence-corrected chi connectivity index (χ4v) is 6.14. The number of carbonyl (C=O) groups excluding carboxylic acids is 2. The molecule has 35 heavy (non-hydrogen) atoms. The van der Waals surface area contributed by atoms with Crippen LogP contribution in [0.25, 0.3) is 43.6 Å². The minimum absolute atomic E-state index is 0.0751. The molecule has 8 heteroatoms. The molecule has 0 spiro atoms. The molecule has 2 aliphatic rings. The van der Waals surface area contributed by atoms with E-state index in [0.29, 0.717) is 24.9 Å². The average Bonchev–Trinajstić information content (AvgIpc) is 3.53. The van der Waals surface area contributed by atoms with Gasteiger partial charge < -0.3 is 30.0 Å². The van der Waals surface area contributed by atoms with Crippen LogP contribution in [0.15, 0.2) is 48.5 Å². The molecule has 2 amide bonds. The highest BCUT2D eigenvalue weighted by atomic mass is 16.5. The van der Waals surface area contributed by atoms with Crippen molar-refractivity contribution in [1.29, 1.82) is 0 Å². The van der Waals surface area contributed by atoms with E-state index in [0.717, 1.165) is 49.2 Å². The molecule has 3 aromatic carbocycles. The highest BCUT2D eigenvalue weighted by molar-refractivity contribution is 6.30. The Bertz CT molecular complexity index is 1680. The summed E-state index contributed by atoms with van der Waals surface area (Å²) in [4.78, 5) is 28.1. The van der Waals surface area contributed by atoms with E-state index in [1.54, 1.807) is 0 Å². The van der Waals surface area contributed by atoms with Gasteiger partial charge in [-0.15, -0.1) is 0 Å². The first kappa shape index (κ1) is 20.5. The van der Waals surface area contributed by atoms with Crippen LogP contribution >= 0.6 is 0 Å². The number of benzene rings is 3. The van der Waals surface area contributed by atoms with Gasteiger partial charge in [0, 0.05) is 40.0 Å². The predicted octanol–water partition coefficient (Wildman–Crippen LogP) is 3.46. The van der Waals surface area contributed by atoms with Crippen molar-refractivity contribution in [2.24, 2.45) is 0 Å². The number of aromatic amines is 1. The van der Waals surface area contributed by atoms with Crippen molar-refractivity contribution in [3.63, 3.8) is 0 Å². The molecule has 8 nitrogen and oxygen atoms in total. The number of fused-ring (bicyclic) bond motifs is 10. The van der Waals surface area contributed by atoms with Gasteiger partial charge in [0.2, 0.25) is 6.41 Å². The molecule has 176 valence electrons. The number of aliphatic hydroxyl groups excluding tert-OH is 1. The number of hydrogen-bond donors (Lipinski definition) is 4. The Labute approximate surface area is 199 Å². The highest BCUT2D eigenvalue weighted by Gasteiger charge is 2.38. The van der Waals surface area contributed by atoms with Gasteiger partial charge in [-0.05, 0) is 24.6 Å². The van der Waals surface area contributed by atoms with Crippen LogP contribution in [-0.2, 0) is 16.1 Å². The van der Waals surface area contributed by atoms with Crippen molar-refractivity contribution < 1.29 is 19.4 Å². The summed E-state index contributed by atoms with van der Waals surface area (Å²) < 4.78 is 8.48. The van der Waals surface area contributed by atoms with E-state index in [9.17, 15) is 14.7 Å².